The topological polar surface area (TPSA) is 90.9 Å². The summed E-state index contributed by atoms with van der Waals surface area (Å²) in [4.78, 5) is 21.0. The lowest BCUT2D eigenvalue weighted by Gasteiger charge is -2.06. The number of rotatable bonds is 3. The predicted octanol–water partition coefficient (Wildman–Crippen LogP) is 0.840. The summed E-state index contributed by atoms with van der Waals surface area (Å²) < 4.78 is 3.15. The SMILES string of the molecule is CCc1nc2nnc3c(=O)n(Cc4cccnc4)ccc3n2n1. The van der Waals surface area contributed by atoms with E-state index >= 15 is 0 Å². The highest BCUT2D eigenvalue weighted by molar-refractivity contribution is 5.74. The van der Waals surface area contributed by atoms with Crippen LogP contribution in [0.3, 0.4) is 0 Å². The summed E-state index contributed by atoms with van der Waals surface area (Å²) in [6.07, 6.45) is 5.86. The van der Waals surface area contributed by atoms with Crippen LogP contribution >= 0.6 is 0 Å². The first-order chi connectivity index (χ1) is 11.3. The first kappa shape index (κ1) is 13.5. The molecule has 0 aliphatic heterocycles. The largest absolute Gasteiger partial charge is 0.309 e. The van der Waals surface area contributed by atoms with Crippen molar-refractivity contribution in [2.75, 3.05) is 0 Å². The zero-order valence-electron chi connectivity index (χ0n) is 12.4. The fourth-order valence-electron chi connectivity index (χ4n) is 2.45. The molecular weight excluding hydrogens is 294 g/mol. The summed E-state index contributed by atoms with van der Waals surface area (Å²) in [6.45, 7) is 2.39. The van der Waals surface area contributed by atoms with E-state index in [0.29, 0.717) is 30.1 Å². The molecule has 8 nitrogen and oxygen atoms in total. The van der Waals surface area contributed by atoms with Crippen molar-refractivity contribution in [3.05, 3.63) is 58.5 Å². The fourth-order valence-corrected chi connectivity index (χ4v) is 2.45. The van der Waals surface area contributed by atoms with Gasteiger partial charge < -0.3 is 4.57 Å². The second kappa shape index (κ2) is 5.24. The Balaban J connectivity index is 1.88. The van der Waals surface area contributed by atoms with E-state index in [1.54, 1.807) is 27.7 Å². The smallest absolute Gasteiger partial charge is 0.280 e. The molecule has 8 heteroatoms. The van der Waals surface area contributed by atoms with Gasteiger partial charge in [-0.3, -0.25) is 9.78 Å². The molecule has 0 atom stereocenters. The van der Waals surface area contributed by atoms with E-state index in [1.807, 2.05) is 25.1 Å². The van der Waals surface area contributed by atoms with Gasteiger partial charge in [0.05, 0.1) is 6.54 Å². The van der Waals surface area contributed by atoms with E-state index in [-0.39, 0.29) is 11.1 Å². The Hall–Kier alpha value is -3.16. The maximum atomic E-state index is 12.6. The van der Waals surface area contributed by atoms with Crippen molar-refractivity contribution in [2.45, 2.75) is 19.9 Å². The number of hydrogen-bond donors (Lipinski definition) is 0. The highest BCUT2D eigenvalue weighted by Crippen LogP contribution is 2.09. The molecule has 4 aromatic heterocycles. The quantitative estimate of drug-likeness (QED) is 0.557. The van der Waals surface area contributed by atoms with Gasteiger partial charge >= 0.3 is 0 Å². The standard InChI is InChI=1S/C15H13N7O/c1-2-12-17-15-19-18-13-11(22(15)20-12)5-7-21(14(13)23)9-10-4-3-6-16-8-10/h3-8H,2,9H2,1H3. The van der Waals surface area contributed by atoms with Crippen LogP contribution in [-0.4, -0.2) is 34.3 Å². The third-order valence-electron chi connectivity index (χ3n) is 3.61. The summed E-state index contributed by atoms with van der Waals surface area (Å²) in [6, 6.07) is 5.57. The van der Waals surface area contributed by atoms with Crippen LogP contribution in [0, 0.1) is 0 Å². The van der Waals surface area contributed by atoms with E-state index in [1.165, 1.54) is 0 Å². The monoisotopic (exact) mass is 307 g/mol. The molecule has 0 saturated carbocycles. The summed E-state index contributed by atoms with van der Waals surface area (Å²) in [5.74, 6) is 1.07. The van der Waals surface area contributed by atoms with Gasteiger partial charge in [-0.15, -0.1) is 15.3 Å². The maximum Gasteiger partial charge on any atom is 0.280 e. The van der Waals surface area contributed by atoms with Crippen LogP contribution in [0.4, 0.5) is 0 Å². The van der Waals surface area contributed by atoms with Crippen molar-refractivity contribution in [3.63, 3.8) is 0 Å². The van der Waals surface area contributed by atoms with Crippen LogP contribution in [0.1, 0.15) is 18.3 Å². The summed E-state index contributed by atoms with van der Waals surface area (Å²) in [5, 5.41) is 12.4. The lowest BCUT2D eigenvalue weighted by molar-refractivity contribution is 0.756. The summed E-state index contributed by atoms with van der Waals surface area (Å²) >= 11 is 0. The highest BCUT2D eigenvalue weighted by atomic mass is 16.1. The Labute approximate surface area is 130 Å². The van der Waals surface area contributed by atoms with Crippen molar-refractivity contribution in [3.8, 4) is 0 Å². The molecule has 0 unspecified atom stereocenters. The first-order valence-corrected chi connectivity index (χ1v) is 7.26. The molecule has 0 fully saturated rings. The van der Waals surface area contributed by atoms with Crippen LogP contribution in [0.15, 0.2) is 41.6 Å². The molecule has 0 spiro atoms. The first-order valence-electron chi connectivity index (χ1n) is 7.26. The number of aromatic nitrogens is 7. The Morgan fingerprint density at radius 1 is 1.22 bits per heavy atom. The van der Waals surface area contributed by atoms with E-state index in [4.69, 9.17) is 0 Å². The van der Waals surface area contributed by atoms with Gasteiger partial charge in [-0.1, -0.05) is 13.0 Å². The zero-order valence-corrected chi connectivity index (χ0v) is 12.4. The second-order valence-corrected chi connectivity index (χ2v) is 5.14. The molecule has 0 aliphatic rings. The number of pyridine rings is 2. The van der Waals surface area contributed by atoms with Crippen LogP contribution in [0.25, 0.3) is 16.8 Å². The van der Waals surface area contributed by atoms with Crippen LogP contribution in [0.5, 0.6) is 0 Å². The number of nitrogens with zero attached hydrogens (tertiary/aromatic N) is 7. The maximum absolute atomic E-state index is 12.6. The van der Waals surface area contributed by atoms with Gasteiger partial charge in [0.2, 0.25) is 0 Å². The number of aryl methyl sites for hydroxylation is 1. The molecule has 4 aromatic rings. The molecule has 4 rings (SSSR count). The molecule has 0 N–H and O–H groups in total. The van der Waals surface area contributed by atoms with Gasteiger partial charge in [0.1, 0.15) is 5.52 Å². The Bertz CT molecular complexity index is 1050. The van der Waals surface area contributed by atoms with Gasteiger partial charge in [-0.25, -0.2) is 0 Å². The third kappa shape index (κ3) is 2.24. The van der Waals surface area contributed by atoms with E-state index < -0.39 is 0 Å². The second-order valence-electron chi connectivity index (χ2n) is 5.14. The third-order valence-corrected chi connectivity index (χ3v) is 3.61. The lowest BCUT2D eigenvalue weighted by Crippen LogP contribution is -2.22. The molecular formula is C15H13N7O. The van der Waals surface area contributed by atoms with Gasteiger partial charge in [0.15, 0.2) is 11.3 Å². The van der Waals surface area contributed by atoms with Crippen LogP contribution in [-0.2, 0) is 13.0 Å². The lowest BCUT2D eigenvalue weighted by atomic mass is 10.3. The van der Waals surface area contributed by atoms with Gasteiger partial charge in [-0.2, -0.15) is 9.50 Å². The van der Waals surface area contributed by atoms with Crippen molar-refractivity contribution in [1.82, 2.24) is 34.3 Å². The minimum absolute atomic E-state index is 0.214. The minimum Gasteiger partial charge on any atom is -0.309 e. The predicted molar refractivity (Wildman–Crippen MR) is 83.1 cm³/mol. The van der Waals surface area contributed by atoms with Crippen molar-refractivity contribution in [2.24, 2.45) is 0 Å². The van der Waals surface area contributed by atoms with Gasteiger partial charge in [0.25, 0.3) is 11.3 Å². The van der Waals surface area contributed by atoms with Crippen LogP contribution < -0.4 is 5.56 Å². The highest BCUT2D eigenvalue weighted by Gasteiger charge is 2.12. The zero-order chi connectivity index (χ0) is 15.8. The van der Waals surface area contributed by atoms with Gasteiger partial charge in [0, 0.05) is 25.0 Å². The summed E-state index contributed by atoms with van der Waals surface area (Å²) in [5.41, 5.74) is 1.61. The number of fused-ring (bicyclic) bond motifs is 3. The van der Waals surface area contributed by atoms with E-state index in [0.717, 1.165) is 5.56 Å². The van der Waals surface area contributed by atoms with E-state index in [9.17, 15) is 4.79 Å². The fraction of sp³-hybridized carbons (Fsp3) is 0.200. The average molecular weight is 307 g/mol. The average Bonchev–Trinajstić information content (AvgIpc) is 3.02. The van der Waals surface area contributed by atoms with Crippen LogP contribution in [0.2, 0.25) is 0 Å². The molecule has 114 valence electrons. The van der Waals surface area contributed by atoms with Gasteiger partial charge in [-0.05, 0) is 17.7 Å². The summed E-state index contributed by atoms with van der Waals surface area (Å²) in [7, 11) is 0. The normalized spacial score (nSPS) is 11.3. The number of hydrogen-bond acceptors (Lipinski definition) is 6. The Morgan fingerprint density at radius 2 is 2.13 bits per heavy atom. The molecule has 0 aliphatic carbocycles. The molecule has 0 bridgehead atoms. The van der Waals surface area contributed by atoms with Crippen molar-refractivity contribution < 1.29 is 0 Å². The molecule has 0 saturated heterocycles. The molecule has 23 heavy (non-hydrogen) atoms. The van der Waals surface area contributed by atoms with Crippen molar-refractivity contribution in [1.29, 1.82) is 0 Å². The molecule has 4 heterocycles. The molecule has 0 aromatic carbocycles. The van der Waals surface area contributed by atoms with Crippen molar-refractivity contribution >= 4 is 16.8 Å². The molecule has 0 radical (unpaired) electrons. The van der Waals surface area contributed by atoms with E-state index in [2.05, 4.69) is 25.3 Å². The Morgan fingerprint density at radius 3 is 2.91 bits per heavy atom. The Kier molecular flexibility index (Phi) is 3.07. The molecule has 0 amide bonds. The minimum atomic E-state index is -0.214.